The predicted octanol–water partition coefficient (Wildman–Crippen LogP) is 4.90. The highest BCUT2D eigenvalue weighted by atomic mass is 35.5. The Labute approximate surface area is 162 Å². The molecule has 0 radical (unpaired) electrons. The van der Waals surface area contributed by atoms with Gasteiger partial charge in [-0.15, -0.1) is 18.2 Å². The molecule has 3 rings (SSSR count). The van der Waals surface area contributed by atoms with Gasteiger partial charge in [0.2, 0.25) is 0 Å². The minimum atomic E-state index is -0.751. The van der Waals surface area contributed by atoms with Gasteiger partial charge in [0, 0.05) is 11.6 Å². The third kappa shape index (κ3) is 4.17. The number of amides is 1. The second-order valence-electron chi connectivity index (χ2n) is 6.71. The molecule has 3 aromatic rings. The number of carbonyl (C=O) groups is 1. The summed E-state index contributed by atoms with van der Waals surface area (Å²) in [7, 11) is 0. The zero-order valence-corrected chi connectivity index (χ0v) is 15.7. The largest absolute Gasteiger partial charge is 0.345 e. The van der Waals surface area contributed by atoms with Gasteiger partial charge in [-0.1, -0.05) is 48.5 Å². The van der Waals surface area contributed by atoms with Gasteiger partial charge in [-0.05, 0) is 31.0 Å². The summed E-state index contributed by atoms with van der Waals surface area (Å²) in [6, 6.07) is 16.1. The van der Waals surface area contributed by atoms with Gasteiger partial charge in [0.05, 0.1) is 16.5 Å². The zero-order valence-electron chi connectivity index (χ0n) is 15.0. The Morgan fingerprint density at radius 2 is 2.04 bits per heavy atom. The predicted molar refractivity (Wildman–Crippen MR) is 108 cm³/mol. The average Bonchev–Trinajstić information content (AvgIpc) is 2.67. The number of fused-ring (bicyclic) bond motifs is 1. The lowest BCUT2D eigenvalue weighted by Crippen LogP contribution is -2.53. The molecular weight excluding hydrogens is 363 g/mol. The minimum Gasteiger partial charge on any atom is -0.345 e. The second-order valence-corrected chi connectivity index (χ2v) is 7.18. The van der Waals surface area contributed by atoms with Crippen LogP contribution in [0.25, 0.3) is 10.9 Å². The normalized spacial score (nSPS) is 14.3. The molecule has 2 atom stereocenters. The van der Waals surface area contributed by atoms with Crippen LogP contribution in [0.5, 0.6) is 0 Å². The molecule has 0 aliphatic carbocycles. The molecular formula is C22H20ClFN2O. The van der Waals surface area contributed by atoms with Crippen molar-refractivity contribution in [3.05, 3.63) is 90.4 Å². The van der Waals surface area contributed by atoms with Crippen LogP contribution in [-0.2, 0) is 6.42 Å². The summed E-state index contributed by atoms with van der Waals surface area (Å²) < 4.78 is 13.8. The average molecular weight is 383 g/mol. The number of para-hydroxylation sites is 1. The van der Waals surface area contributed by atoms with Crippen LogP contribution in [0.3, 0.4) is 0 Å². The highest BCUT2D eigenvalue weighted by molar-refractivity contribution is 6.23. The highest BCUT2D eigenvalue weighted by Gasteiger charge is 2.33. The number of rotatable bonds is 6. The molecule has 3 nitrogen and oxygen atoms in total. The van der Waals surface area contributed by atoms with Crippen molar-refractivity contribution in [3.8, 4) is 0 Å². The van der Waals surface area contributed by atoms with Crippen LogP contribution in [0.4, 0.5) is 4.39 Å². The van der Waals surface area contributed by atoms with Crippen molar-refractivity contribution in [2.75, 3.05) is 0 Å². The summed E-state index contributed by atoms with van der Waals surface area (Å²) in [5.74, 6) is -0.736. The lowest BCUT2D eigenvalue weighted by atomic mass is 9.88. The van der Waals surface area contributed by atoms with Crippen LogP contribution in [-0.4, -0.2) is 21.8 Å². The number of alkyl halides is 1. The number of aromatic nitrogens is 1. The van der Waals surface area contributed by atoms with Crippen LogP contribution >= 0.6 is 11.6 Å². The minimum absolute atomic E-state index is 0.238. The molecule has 1 aromatic heterocycles. The first-order valence-corrected chi connectivity index (χ1v) is 9.04. The van der Waals surface area contributed by atoms with E-state index in [0.29, 0.717) is 17.4 Å². The zero-order chi connectivity index (χ0) is 19.4. The van der Waals surface area contributed by atoms with E-state index in [9.17, 15) is 9.18 Å². The third-order valence-electron chi connectivity index (χ3n) is 4.55. The van der Waals surface area contributed by atoms with E-state index >= 15 is 0 Å². The maximum Gasteiger partial charge on any atom is 0.253 e. The van der Waals surface area contributed by atoms with Gasteiger partial charge in [0.15, 0.2) is 0 Å². The van der Waals surface area contributed by atoms with Crippen molar-refractivity contribution in [2.24, 2.45) is 0 Å². The molecule has 138 valence electrons. The van der Waals surface area contributed by atoms with E-state index in [1.54, 1.807) is 24.3 Å². The first-order chi connectivity index (χ1) is 12.9. The summed E-state index contributed by atoms with van der Waals surface area (Å²) >= 11 is 6.47. The third-order valence-corrected chi connectivity index (χ3v) is 5.21. The van der Waals surface area contributed by atoms with Gasteiger partial charge in [0.25, 0.3) is 5.91 Å². The summed E-state index contributed by atoms with van der Waals surface area (Å²) in [6.07, 6.45) is 3.52. The number of pyridine rings is 1. The molecule has 1 unspecified atom stereocenters. The molecule has 0 saturated carbocycles. The fourth-order valence-electron chi connectivity index (χ4n) is 3.07. The van der Waals surface area contributed by atoms with Gasteiger partial charge < -0.3 is 5.32 Å². The van der Waals surface area contributed by atoms with E-state index in [1.165, 1.54) is 12.3 Å². The SMILES string of the molecule is C=CC(Cl)[C@@](C)(Cc1ccccc1)NC(=O)c1cnc2c(F)cccc2c1. The Hall–Kier alpha value is -2.72. The summed E-state index contributed by atoms with van der Waals surface area (Å²) in [6.45, 7) is 5.64. The van der Waals surface area contributed by atoms with Crippen molar-refractivity contribution in [3.63, 3.8) is 0 Å². The number of carbonyl (C=O) groups excluding carboxylic acids is 1. The maximum absolute atomic E-state index is 13.8. The molecule has 1 N–H and O–H groups in total. The van der Waals surface area contributed by atoms with E-state index in [-0.39, 0.29) is 11.4 Å². The van der Waals surface area contributed by atoms with Crippen molar-refractivity contribution >= 4 is 28.4 Å². The molecule has 2 aromatic carbocycles. The Bertz CT molecular complexity index is 976. The molecule has 1 heterocycles. The molecule has 0 fully saturated rings. The summed E-state index contributed by atoms with van der Waals surface area (Å²) in [5.41, 5.74) is 0.882. The van der Waals surface area contributed by atoms with Crippen LogP contribution in [0.2, 0.25) is 0 Å². The van der Waals surface area contributed by atoms with Crippen LogP contribution < -0.4 is 5.32 Å². The number of hydrogen-bond acceptors (Lipinski definition) is 2. The standard InChI is InChI=1S/C22H20ClFN2O/c1-3-19(23)22(2,13-15-8-5-4-6-9-15)26-21(27)17-12-16-10-7-11-18(24)20(16)25-14-17/h3-12,14,19H,1,13H2,2H3,(H,26,27)/t19?,22-/m1/s1. The van der Waals surface area contributed by atoms with E-state index in [2.05, 4.69) is 16.9 Å². The van der Waals surface area contributed by atoms with E-state index in [1.807, 2.05) is 37.3 Å². The first-order valence-electron chi connectivity index (χ1n) is 8.60. The fourth-order valence-corrected chi connectivity index (χ4v) is 3.20. The number of nitrogens with zero attached hydrogens (tertiary/aromatic N) is 1. The number of nitrogens with one attached hydrogen (secondary N) is 1. The van der Waals surface area contributed by atoms with Gasteiger partial charge in [-0.25, -0.2) is 4.39 Å². The maximum atomic E-state index is 13.8. The molecule has 0 bridgehead atoms. The van der Waals surface area contributed by atoms with Crippen molar-refractivity contribution in [1.82, 2.24) is 10.3 Å². The lowest BCUT2D eigenvalue weighted by molar-refractivity contribution is 0.0907. The highest BCUT2D eigenvalue weighted by Crippen LogP contribution is 2.24. The Morgan fingerprint density at radius 1 is 1.30 bits per heavy atom. The van der Waals surface area contributed by atoms with Gasteiger partial charge in [-0.2, -0.15) is 0 Å². The van der Waals surface area contributed by atoms with E-state index < -0.39 is 16.7 Å². The first kappa shape index (κ1) is 19.1. The molecule has 0 aliphatic heterocycles. The van der Waals surface area contributed by atoms with Crippen molar-refractivity contribution in [1.29, 1.82) is 0 Å². The molecule has 0 aliphatic rings. The van der Waals surface area contributed by atoms with Gasteiger partial charge in [-0.3, -0.25) is 9.78 Å². The molecule has 0 saturated heterocycles. The van der Waals surface area contributed by atoms with Crippen LogP contribution in [0.15, 0.2) is 73.4 Å². The molecule has 0 spiro atoms. The van der Waals surface area contributed by atoms with Crippen LogP contribution in [0, 0.1) is 5.82 Å². The fraction of sp³-hybridized carbons (Fsp3) is 0.182. The van der Waals surface area contributed by atoms with Crippen molar-refractivity contribution < 1.29 is 9.18 Å². The number of hydrogen-bond donors (Lipinski definition) is 1. The van der Waals surface area contributed by atoms with Gasteiger partial charge in [0.1, 0.15) is 11.3 Å². The quantitative estimate of drug-likeness (QED) is 0.486. The smallest absolute Gasteiger partial charge is 0.253 e. The van der Waals surface area contributed by atoms with E-state index in [0.717, 1.165) is 5.56 Å². The van der Waals surface area contributed by atoms with E-state index in [4.69, 9.17) is 11.6 Å². The molecule has 27 heavy (non-hydrogen) atoms. The Balaban J connectivity index is 1.89. The Kier molecular flexibility index (Phi) is 5.57. The molecule has 1 amide bonds. The van der Waals surface area contributed by atoms with Crippen molar-refractivity contribution in [2.45, 2.75) is 24.3 Å². The Morgan fingerprint density at radius 3 is 2.74 bits per heavy atom. The van der Waals surface area contributed by atoms with Gasteiger partial charge >= 0.3 is 0 Å². The van der Waals surface area contributed by atoms with Crippen LogP contribution in [0.1, 0.15) is 22.8 Å². The number of halogens is 2. The number of benzene rings is 2. The summed E-state index contributed by atoms with van der Waals surface area (Å²) in [4.78, 5) is 17.0. The molecule has 5 heteroatoms. The topological polar surface area (TPSA) is 42.0 Å². The second kappa shape index (κ2) is 7.89. The monoisotopic (exact) mass is 382 g/mol. The lowest BCUT2D eigenvalue weighted by Gasteiger charge is -2.34. The summed E-state index contributed by atoms with van der Waals surface area (Å²) in [5, 5.41) is 3.10.